The van der Waals surface area contributed by atoms with E-state index >= 15 is 0 Å². The summed E-state index contributed by atoms with van der Waals surface area (Å²) < 4.78 is 67.5. The second-order valence-corrected chi connectivity index (χ2v) is 7.10. The van der Waals surface area contributed by atoms with E-state index < -0.39 is 35.3 Å². The van der Waals surface area contributed by atoms with Crippen LogP contribution in [0.2, 0.25) is 0 Å². The lowest BCUT2D eigenvalue weighted by Crippen LogP contribution is -2.32. The van der Waals surface area contributed by atoms with Gasteiger partial charge >= 0.3 is 0 Å². The van der Waals surface area contributed by atoms with Crippen LogP contribution >= 0.6 is 0 Å². The van der Waals surface area contributed by atoms with Crippen LogP contribution in [-0.4, -0.2) is 37.6 Å². The number of aromatic nitrogens is 4. The van der Waals surface area contributed by atoms with Crippen molar-refractivity contribution in [2.45, 2.75) is 31.5 Å². The van der Waals surface area contributed by atoms with E-state index in [0.717, 1.165) is 0 Å². The monoisotopic (exact) mass is 453 g/mol. The molecule has 3 N–H and O–H groups in total. The predicted octanol–water partition coefficient (Wildman–Crippen LogP) is 2.97. The zero-order valence-electron chi connectivity index (χ0n) is 16.2. The summed E-state index contributed by atoms with van der Waals surface area (Å²) in [6.45, 7) is -0.521. The fourth-order valence-corrected chi connectivity index (χ4v) is 2.84. The smallest absolute Gasteiger partial charge is 0.270 e. The number of nitrogens with one attached hydrogen (secondary N) is 3. The molecule has 1 fully saturated rings. The second kappa shape index (κ2) is 8.40. The van der Waals surface area contributed by atoms with Gasteiger partial charge in [-0.1, -0.05) is 0 Å². The molecule has 13 heteroatoms. The summed E-state index contributed by atoms with van der Waals surface area (Å²) in [6.07, 6.45) is 3.86. The van der Waals surface area contributed by atoms with Gasteiger partial charge in [-0.25, -0.2) is 26.9 Å². The Morgan fingerprint density at radius 3 is 2.62 bits per heavy atom. The minimum absolute atomic E-state index is 0.122. The molecule has 1 amide bonds. The number of anilines is 3. The number of hydrogen-bond donors (Lipinski definition) is 3. The third-order valence-corrected chi connectivity index (χ3v) is 4.56. The van der Waals surface area contributed by atoms with Gasteiger partial charge in [0.05, 0.1) is 17.9 Å². The molecule has 3 aromatic rings. The van der Waals surface area contributed by atoms with E-state index in [1.807, 2.05) is 0 Å². The van der Waals surface area contributed by atoms with Crippen LogP contribution in [0.5, 0.6) is 0 Å². The van der Waals surface area contributed by atoms with Crippen LogP contribution in [0, 0.1) is 17.5 Å². The third-order valence-electron chi connectivity index (χ3n) is 4.56. The van der Waals surface area contributed by atoms with Crippen LogP contribution < -0.4 is 16.0 Å². The highest BCUT2D eigenvalue weighted by molar-refractivity contribution is 5.76. The molecule has 4 rings (SSSR count). The number of halogens is 5. The number of carbonyl (C=O) groups excluding carboxylic acids is 1. The molecule has 8 nitrogen and oxygen atoms in total. The average Bonchev–Trinajstić information content (AvgIpc) is 3.07. The van der Waals surface area contributed by atoms with Crippen LogP contribution in [0.1, 0.15) is 12.0 Å². The Morgan fingerprint density at radius 1 is 1.22 bits per heavy atom. The van der Waals surface area contributed by atoms with Gasteiger partial charge < -0.3 is 16.0 Å². The molecule has 32 heavy (non-hydrogen) atoms. The second-order valence-electron chi connectivity index (χ2n) is 7.10. The fraction of sp³-hybridized carbons (Fsp3) is 0.263. The zero-order chi connectivity index (χ0) is 22.9. The van der Waals surface area contributed by atoms with E-state index in [-0.39, 0.29) is 36.8 Å². The van der Waals surface area contributed by atoms with Gasteiger partial charge in [-0.05, 0) is 6.07 Å². The van der Waals surface area contributed by atoms with Gasteiger partial charge in [0.15, 0.2) is 0 Å². The molecule has 1 aromatic carbocycles. The molecule has 168 valence electrons. The molecule has 1 aliphatic rings. The molecule has 0 radical (unpaired) electrons. The number of alkyl halides is 2. The number of rotatable bonds is 8. The van der Waals surface area contributed by atoms with E-state index in [2.05, 4.69) is 31.0 Å². The summed E-state index contributed by atoms with van der Waals surface area (Å²) in [6, 6.07) is 1.50. The van der Waals surface area contributed by atoms with Crippen molar-refractivity contribution in [3.63, 3.8) is 0 Å². The van der Waals surface area contributed by atoms with Gasteiger partial charge in [-0.15, -0.1) is 0 Å². The summed E-state index contributed by atoms with van der Waals surface area (Å²) in [5, 5.41) is 11.7. The van der Waals surface area contributed by atoms with Crippen molar-refractivity contribution < 1.29 is 26.7 Å². The van der Waals surface area contributed by atoms with Crippen molar-refractivity contribution in [2.24, 2.45) is 0 Å². The van der Waals surface area contributed by atoms with E-state index in [1.165, 1.54) is 29.3 Å². The summed E-state index contributed by atoms with van der Waals surface area (Å²) >= 11 is 0. The molecule has 2 heterocycles. The van der Waals surface area contributed by atoms with E-state index in [1.54, 1.807) is 0 Å². The summed E-state index contributed by atoms with van der Waals surface area (Å²) in [5.41, 5.74) is 0.0744. The van der Waals surface area contributed by atoms with Gasteiger partial charge in [0.1, 0.15) is 29.8 Å². The van der Waals surface area contributed by atoms with E-state index in [4.69, 9.17) is 0 Å². The highest BCUT2D eigenvalue weighted by Crippen LogP contribution is 2.41. The Bertz CT molecular complexity index is 1130. The molecule has 1 unspecified atom stereocenters. The Morgan fingerprint density at radius 2 is 1.94 bits per heavy atom. The first-order chi connectivity index (χ1) is 15.2. The zero-order valence-corrected chi connectivity index (χ0v) is 16.2. The SMILES string of the molecule is O=C(Cn1cc(Nc2nccc(NCc3c(F)cc(F)cc3F)n2)cn1)NC1CC1(F)F. The molecule has 0 aliphatic heterocycles. The Hall–Kier alpha value is -3.77. The lowest BCUT2D eigenvalue weighted by molar-refractivity contribution is -0.122. The van der Waals surface area contributed by atoms with Crippen LogP contribution in [-0.2, 0) is 17.9 Å². The summed E-state index contributed by atoms with van der Waals surface area (Å²) in [7, 11) is 0. The highest BCUT2D eigenvalue weighted by Gasteiger charge is 2.57. The van der Waals surface area contributed by atoms with Crippen LogP contribution in [0.3, 0.4) is 0 Å². The lowest BCUT2D eigenvalue weighted by Gasteiger charge is -2.09. The Kier molecular flexibility index (Phi) is 5.63. The van der Waals surface area contributed by atoms with Crippen LogP contribution in [0.4, 0.5) is 39.4 Å². The van der Waals surface area contributed by atoms with Crippen molar-refractivity contribution in [3.05, 3.63) is 59.8 Å². The van der Waals surface area contributed by atoms with E-state index in [0.29, 0.717) is 17.8 Å². The maximum Gasteiger partial charge on any atom is 0.270 e. The molecule has 1 saturated carbocycles. The first-order valence-corrected chi connectivity index (χ1v) is 9.36. The molecule has 0 bridgehead atoms. The first kappa shape index (κ1) is 21.5. The van der Waals surface area contributed by atoms with Crippen molar-refractivity contribution in [1.29, 1.82) is 0 Å². The molecule has 2 aromatic heterocycles. The molecule has 1 aliphatic carbocycles. The van der Waals surface area contributed by atoms with Gasteiger partial charge in [0.25, 0.3) is 5.92 Å². The van der Waals surface area contributed by atoms with Crippen molar-refractivity contribution in [3.8, 4) is 0 Å². The van der Waals surface area contributed by atoms with Gasteiger partial charge in [0, 0.05) is 43.1 Å². The minimum atomic E-state index is -2.85. The first-order valence-electron chi connectivity index (χ1n) is 9.36. The molecular weight excluding hydrogens is 437 g/mol. The molecule has 0 spiro atoms. The largest absolute Gasteiger partial charge is 0.366 e. The van der Waals surface area contributed by atoms with Gasteiger partial charge in [-0.3, -0.25) is 9.48 Å². The summed E-state index contributed by atoms with van der Waals surface area (Å²) in [5.74, 6) is -6.14. The lowest BCUT2D eigenvalue weighted by atomic mass is 10.2. The van der Waals surface area contributed by atoms with E-state index in [9.17, 15) is 26.7 Å². The number of carbonyl (C=O) groups is 1. The normalized spacial score (nSPS) is 16.5. The topological polar surface area (TPSA) is 96.8 Å². The Balaban J connectivity index is 1.34. The minimum Gasteiger partial charge on any atom is -0.366 e. The number of amides is 1. The van der Waals surface area contributed by atoms with Crippen LogP contribution in [0.15, 0.2) is 36.8 Å². The fourth-order valence-electron chi connectivity index (χ4n) is 2.84. The third kappa shape index (κ3) is 5.10. The van der Waals surface area contributed by atoms with Crippen LogP contribution in [0.25, 0.3) is 0 Å². The van der Waals surface area contributed by atoms with Crippen molar-refractivity contribution in [2.75, 3.05) is 10.6 Å². The number of hydrogen-bond acceptors (Lipinski definition) is 6. The number of benzene rings is 1. The van der Waals surface area contributed by atoms with Gasteiger partial charge in [0.2, 0.25) is 11.9 Å². The van der Waals surface area contributed by atoms with Crippen molar-refractivity contribution >= 4 is 23.4 Å². The standard InChI is InChI=1S/C19H16F5N7O/c20-10-3-13(21)12(14(22)4-10)7-26-16-1-2-25-18(30-16)28-11-6-27-31(8-11)9-17(32)29-15-5-19(15,23)24/h1-4,6,8,15H,5,7,9H2,(H,29,32)(H2,25,26,28,30). The maximum atomic E-state index is 13.7. The Labute approximate surface area is 177 Å². The van der Waals surface area contributed by atoms with Gasteiger partial charge in [-0.2, -0.15) is 10.1 Å². The molecular formula is C19H16F5N7O. The molecule has 1 atom stereocenters. The quantitative estimate of drug-likeness (QED) is 0.454. The maximum absolute atomic E-state index is 13.7. The average molecular weight is 453 g/mol. The molecule has 0 saturated heterocycles. The van der Waals surface area contributed by atoms with Crippen molar-refractivity contribution in [1.82, 2.24) is 25.1 Å². The predicted molar refractivity (Wildman–Crippen MR) is 103 cm³/mol. The summed E-state index contributed by atoms with van der Waals surface area (Å²) in [4.78, 5) is 19.9. The highest BCUT2D eigenvalue weighted by atomic mass is 19.3. The number of nitrogens with zero attached hydrogens (tertiary/aromatic N) is 4.